The van der Waals surface area contributed by atoms with Crippen LogP contribution in [0.5, 0.6) is 5.75 Å². The molecule has 1 N–H and O–H groups in total. The Balaban J connectivity index is 1.57. The van der Waals surface area contributed by atoms with Crippen molar-refractivity contribution in [3.63, 3.8) is 0 Å². The molecule has 0 saturated carbocycles. The molecule has 25 heavy (non-hydrogen) atoms. The van der Waals surface area contributed by atoms with Crippen LogP contribution in [0, 0.1) is 0 Å². The average Bonchev–Trinajstić information content (AvgIpc) is 2.77. The van der Waals surface area contributed by atoms with Gasteiger partial charge in [0.05, 0.1) is 6.61 Å². The summed E-state index contributed by atoms with van der Waals surface area (Å²) in [5.41, 5.74) is 4.32. The molecule has 5 heteroatoms. The third-order valence-corrected chi connectivity index (χ3v) is 6.36. The van der Waals surface area contributed by atoms with Gasteiger partial charge in [-0.25, -0.2) is 8.42 Å². The number of fused-ring (bicyclic) bond motifs is 2. The minimum atomic E-state index is -2.82. The zero-order valence-corrected chi connectivity index (χ0v) is 16.2. The number of sulfone groups is 1. The summed E-state index contributed by atoms with van der Waals surface area (Å²) in [5.74, 6) is 1.38. The van der Waals surface area contributed by atoms with Gasteiger partial charge in [-0.1, -0.05) is 12.5 Å². The van der Waals surface area contributed by atoms with Crippen LogP contribution in [0.2, 0.25) is 0 Å². The Morgan fingerprint density at radius 1 is 1.08 bits per heavy atom. The topological polar surface area (TPSA) is 55.4 Å². The number of rotatable bonds is 7. The molecular weight excluding hydrogens is 334 g/mol. The maximum absolute atomic E-state index is 11.2. The number of aryl methyl sites for hydroxylation is 2. The Kier molecular flexibility index (Phi) is 6.39. The lowest BCUT2D eigenvalue weighted by Gasteiger charge is -2.23. The van der Waals surface area contributed by atoms with Crippen LogP contribution in [0.3, 0.4) is 0 Å². The van der Waals surface area contributed by atoms with Crippen molar-refractivity contribution in [3.8, 4) is 5.75 Å². The van der Waals surface area contributed by atoms with E-state index in [0.29, 0.717) is 11.8 Å². The predicted octanol–water partition coefficient (Wildman–Crippen LogP) is 3.58. The molecule has 0 bridgehead atoms. The summed E-state index contributed by atoms with van der Waals surface area (Å²) in [6.45, 7) is 1.74. The van der Waals surface area contributed by atoms with Gasteiger partial charge in [0.1, 0.15) is 15.6 Å². The van der Waals surface area contributed by atoms with E-state index in [1.54, 1.807) is 0 Å². The normalized spacial score (nSPS) is 20.3. The summed E-state index contributed by atoms with van der Waals surface area (Å²) < 4.78 is 28.4. The second-order valence-electron chi connectivity index (χ2n) is 7.55. The summed E-state index contributed by atoms with van der Waals surface area (Å²) in [6, 6.07) is 5.03. The van der Waals surface area contributed by atoms with Gasteiger partial charge in [0.2, 0.25) is 0 Å². The summed E-state index contributed by atoms with van der Waals surface area (Å²) >= 11 is 0. The molecule has 1 heterocycles. The summed E-state index contributed by atoms with van der Waals surface area (Å²) in [6.07, 6.45) is 11.2. The number of ether oxygens (including phenoxy) is 1. The maximum atomic E-state index is 11.2. The Labute approximate surface area is 152 Å². The Bertz CT molecular complexity index is 684. The van der Waals surface area contributed by atoms with E-state index in [1.165, 1.54) is 48.6 Å². The van der Waals surface area contributed by atoms with Gasteiger partial charge in [0, 0.05) is 23.6 Å². The van der Waals surface area contributed by atoms with Crippen molar-refractivity contribution in [2.24, 2.45) is 0 Å². The van der Waals surface area contributed by atoms with Crippen LogP contribution in [0.15, 0.2) is 12.1 Å². The van der Waals surface area contributed by atoms with Gasteiger partial charge in [0.25, 0.3) is 0 Å². The van der Waals surface area contributed by atoms with E-state index in [4.69, 9.17) is 4.74 Å². The van der Waals surface area contributed by atoms with Crippen LogP contribution in [-0.2, 0) is 22.7 Å². The van der Waals surface area contributed by atoms with Crippen LogP contribution in [0.25, 0.3) is 0 Å². The van der Waals surface area contributed by atoms with Crippen molar-refractivity contribution in [1.82, 2.24) is 5.32 Å². The van der Waals surface area contributed by atoms with Crippen molar-refractivity contribution in [3.05, 3.63) is 28.8 Å². The third kappa shape index (κ3) is 5.45. The van der Waals surface area contributed by atoms with Crippen molar-refractivity contribution in [1.29, 1.82) is 0 Å². The molecule has 1 aromatic carbocycles. The molecular formula is C20H31NO3S. The lowest BCUT2D eigenvalue weighted by molar-refractivity contribution is 0.314. The number of hydrogen-bond donors (Lipinski definition) is 1. The molecule has 0 radical (unpaired) electrons. The van der Waals surface area contributed by atoms with E-state index in [9.17, 15) is 8.42 Å². The van der Waals surface area contributed by atoms with E-state index < -0.39 is 9.84 Å². The molecule has 3 rings (SSSR count). The molecule has 0 fully saturated rings. The maximum Gasteiger partial charge on any atom is 0.147 e. The quantitative estimate of drug-likeness (QED) is 0.751. The van der Waals surface area contributed by atoms with Gasteiger partial charge in [-0.2, -0.15) is 0 Å². The molecule has 0 aromatic heterocycles. The lowest BCUT2D eigenvalue weighted by Crippen LogP contribution is -2.23. The summed E-state index contributed by atoms with van der Waals surface area (Å²) in [5, 5.41) is 3.69. The van der Waals surface area contributed by atoms with Crippen LogP contribution in [0.1, 0.15) is 67.7 Å². The van der Waals surface area contributed by atoms with Gasteiger partial charge < -0.3 is 10.1 Å². The van der Waals surface area contributed by atoms with Crippen LogP contribution >= 0.6 is 0 Å². The molecule has 1 aromatic rings. The SMILES string of the molecule is CS(=O)(=O)CCCCCNC1CCCOc2cc3c(cc21)CCCC3. The number of benzene rings is 1. The zero-order valence-electron chi connectivity index (χ0n) is 15.4. The highest BCUT2D eigenvalue weighted by Gasteiger charge is 2.22. The van der Waals surface area contributed by atoms with Crippen molar-refractivity contribution in [2.75, 3.05) is 25.2 Å². The minimum absolute atomic E-state index is 0.305. The first-order valence-electron chi connectivity index (χ1n) is 9.72. The van der Waals surface area contributed by atoms with Gasteiger partial charge in [-0.15, -0.1) is 0 Å². The van der Waals surface area contributed by atoms with E-state index in [-0.39, 0.29) is 0 Å². The second-order valence-corrected chi connectivity index (χ2v) is 9.81. The fraction of sp³-hybridized carbons (Fsp3) is 0.700. The van der Waals surface area contributed by atoms with Gasteiger partial charge in [-0.05, 0) is 75.1 Å². The Morgan fingerprint density at radius 3 is 2.60 bits per heavy atom. The van der Waals surface area contributed by atoms with Gasteiger partial charge in [-0.3, -0.25) is 0 Å². The molecule has 0 spiro atoms. The highest BCUT2D eigenvalue weighted by Crippen LogP contribution is 2.36. The first kappa shape index (κ1) is 18.7. The van der Waals surface area contributed by atoms with Gasteiger partial charge in [0.15, 0.2) is 0 Å². The third-order valence-electron chi connectivity index (χ3n) is 5.33. The highest BCUT2D eigenvalue weighted by molar-refractivity contribution is 7.90. The van der Waals surface area contributed by atoms with E-state index in [2.05, 4.69) is 17.4 Å². The lowest BCUT2D eigenvalue weighted by atomic mass is 9.88. The van der Waals surface area contributed by atoms with Crippen LogP contribution < -0.4 is 10.1 Å². The van der Waals surface area contributed by atoms with Crippen molar-refractivity contribution in [2.45, 2.75) is 63.8 Å². The molecule has 0 amide bonds. The molecule has 0 saturated heterocycles. The first-order chi connectivity index (χ1) is 12.0. The summed E-state index contributed by atoms with van der Waals surface area (Å²) in [7, 11) is -2.82. The first-order valence-corrected chi connectivity index (χ1v) is 11.8. The van der Waals surface area contributed by atoms with Gasteiger partial charge >= 0.3 is 0 Å². The molecule has 140 valence electrons. The molecule has 1 aliphatic carbocycles. The summed E-state index contributed by atoms with van der Waals surface area (Å²) in [4.78, 5) is 0. The fourth-order valence-corrected chi connectivity index (χ4v) is 4.69. The average molecular weight is 366 g/mol. The van der Waals surface area contributed by atoms with E-state index in [0.717, 1.165) is 51.0 Å². The molecule has 2 aliphatic rings. The van der Waals surface area contributed by atoms with E-state index in [1.807, 2.05) is 0 Å². The molecule has 4 nitrogen and oxygen atoms in total. The molecule has 1 atom stereocenters. The van der Waals surface area contributed by atoms with Crippen molar-refractivity contribution < 1.29 is 13.2 Å². The van der Waals surface area contributed by atoms with Crippen LogP contribution in [0.4, 0.5) is 0 Å². The van der Waals surface area contributed by atoms with Crippen LogP contribution in [-0.4, -0.2) is 33.6 Å². The minimum Gasteiger partial charge on any atom is -0.493 e. The predicted molar refractivity (Wildman–Crippen MR) is 102 cm³/mol. The Hall–Kier alpha value is -1.07. The standard InChI is InChI=1S/C20H31NO3S/c1-25(22,23)13-6-2-5-11-21-19-10-7-12-24-20-15-17-9-4-3-8-16(17)14-18(19)20/h14-15,19,21H,2-13H2,1H3. The molecule has 1 aliphatic heterocycles. The second kappa shape index (κ2) is 8.54. The largest absolute Gasteiger partial charge is 0.493 e. The fourth-order valence-electron chi connectivity index (χ4n) is 3.96. The van der Waals surface area contributed by atoms with E-state index >= 15 is 0 Å². The highest BCUT2D eigenvalue weighted by atomic mass is 32.2. The van der Waals surface area contributed by atoms with Crippen molar-refractivity contribution >= 4 is 9.84 Å². The monoisotopic (exact) mass is 365 g/mol. The number of unbranched alkanes of at least 4 members (excludes halogenated alkanes) is 2. The Morgan fingerprint density at radius 2 is 1.84 bits per heavy atom. The number of hydrogen-bond acceptors (Lipinski definition) is 4. The number of nitrogens with one attached hydrogen (secondary N) is 1. The molecule has 1 unspecified atom stereocenters. The zero-order chi connectivity index (χ0) is 17.7. The smallest absolute Gasteiger partial charge is 0.147 e.